The lowest BCUT2D eigenvalue weighted by Crippen LogP contribution is -2.46. The summed E-state index contributed by atoms with van der Waals surface area (Å²) in [5, 5.41) is 9.77. The lowest BCUT2D eigenvalue weighted by Gasteiger charge is -2.29. The van der Waals surface area contributed by atoms with E-state index in [2.05, 4.69) is 30.8 Å². The van der Waals surface area contributed by atoms with E-state index in [-0.39, 0.29) is 25.6 Å². The van der Waals surface area contributed by atoms with Crippen LogP contribution in [0.3, 0.4) is 0 Å². The molecule has 0 saturated carbocycles. The predicted molar refractivity (Wildman–Crippen MR) is 102 cm³/mol. The zero-order chi connectivity index (χ0) is 17.3. The van der Waals surface area contributed by atoms with Gasteiger partial charge in [-0.15, -0.1) is 12.4 Å². The number of aromatic amines is 1. The largest absolute Gasteiger partial charge is 0.395 e. The van der Waals surface area contributed by atoms with Crippen molar-refractivity contribution in [1.29, 1.82) is 0 Å². The molecular weight excluding hydrogens is 432 g/mol. The van der Waals surface area contributed by atoms with E-state index in [1.165, 1.54) is 10.6 Å². The third-order valence-electron chi connectivity index (χ3n) is 4.10. The summed E-state index contributed by atoms with van der Waals surface area (Å²) >= 11 is 3.45. The monoisotopic (exact) mass is 450 g/mol. The molecule has 0 bridgehead atoms. The number of nitrogens with one attached hydrogen (secondary N) is 1. The number of hydrogen-bond donors (Lipinski definition) is 2. The first-order chi connectivity index (χ1) is 11.4. The zero-order valence-electron chi connectivity index (χ0n) is 13.6. The second-order valence-corrected chi connectivity index (χ2v) is 8.73. The van der Waals surface area contributed by atoms with Gasteiger partial charge in [0.1, 0.15) is 0 Å². The zero-order valence-corrected chi connectivity index (χ0v) is 16.8. The maximum absolute atomic E-state index is 12.2. The molecule has 1 aliphatic heterocycles. The number of hydrogen-bond acceptors (Lipinski definition) is 5. The van der Waals surface area contributed by atoms with Gasteiger partial charge in [0.05, 0.1) is 37.5 Å². The van der Waals surface area contributed by atoms with Crippen molar-refractivity contribution in [3.63, 3.8) is 0 Å². The van der Waals surface area contributed by atoms with Crippen LogP contribution in [0.2, 0.25) is 0 Å². The number of anilines is 1. The molecule has 0 aliphatic carbocycles. The van der Waals surface area contributed by atoms with Gasteiger partial charge in [0.15, 0.2) is 0 Å². The van der Waals surface area contributed by atoms with Crippen molar-refractivity contribution in [2.24, 2.45) is 0 Å². The predicted octanol–water partition coefficient (Wildman–Crippen LogP) is 1.74. The molecule has 0 radical (unpaired) electrons. The smallest absolute Gasteiger partial charge is 0.211 e. The SMILES string of the molecule is CS(=O)(=O)N1Cc2cc(Br)ccc2N(Cc2cnc[nH]2)CC1CO.Cl. The highest BCUT2D eigenvalue weighted by molar-refractivity contribution is 9.10. The molecular formula is C15H20BrClN4O3S. The Hall–Kier alpha value is -1.13. The van der Waals surface area contributed by atoms with Crippen LogP contribution in [0.5, 0.6) is 0 Å². The van der Waals surface area contributed by atoms with E-state index in [1.54, 1.807) is 12.5 Å². The van der Waals surface area contributed by atoms with Crippen LogP contribution in [0, 0.1) is 0 Å². The number of H-pyrrole nitrogens is 1. The normalized spacial score (nSPS) is 18.4. The van der Waals surface area contributed by atoms with Gasteiger partial charge in [0.2, 0.25) is 10.0 Å². The second-order valence-electron chi connectivity index (χ2n) is 5.88. The molecule has 7 nitrogen and oxygen atoms in total. The molecule has 0 amide bonds. The lowest BCUT2D eigenvalue weighted by atomic mass is 10.1. The first kappa shape index (κ1) is 20.2. The Balaban J connectivity index is 0.00000225. The standard InChI is InChI=1S/C15H19BrN4O3S.ClH/c1-24(22,23)20-6-11-4-12(16)2-3-15(11)19(8-14(20)9-21)7-13-5-17-10-18-13;/h2-5,10,14,21H,6-9H2,1H3,(H,17,18);1H. The minimum absolute atomic E-state index is 0. The molecule has 0 fully saturated rings. The molecule has 1 aromatic heterocycles. The van der Waals surface area contributed by atoms with Crippen molar-refractivity contribution in [2.75, 3.05) is 24.3 Å². The van der Waals surface area contributed by atoms with Crippen molar-refractivity contribution in [3.8, 4) is 0 Å². The molecule has 10 heteroatoms. The Morgan fingerprint density at radius 1 is 1.44 bits per heavy atom. The van der Waals surface area contributed by atoms with Crippen molar-refractivity contribution in [2.45, 2.75) is 19.1 Å². The molecule has 138 valence electrons. The van der Waals surface area contributed by atoms with Gasteiger partial charge < -0.3 is 15.0 Å². The third-order valence-corrected chi connectivity index (χ3v) is 5.87. The Kier molecular flexibility index (Phi) is 6.50. The van der Waals surface area contributed by atoms with Gasteiger partial charge in [-0.2, -0.15) is 4.31 Å². The number of aromatic nitrogens is 2. The molecule has 1 unspecified atom stereocenters. The van der Waals surface area contributed by atoms with Gasteiger partial charge in [0.25, 0.3) is 0 Å². The van der Waals surface area contributed by atoms with Gasteiger partial charge in [-0.05, 0) is 23.8 Å². The number of aliphatic hydroxyl groups excluding tert-OH is 1. The number of rotatable bonds is 4. The van der Waals surface area contributed by atoms with Crippen LogP contribution in [0.1, 0.15) is 11.3 Å². The van der Waals surface area contributed by atoms with E-state index < -0.39 is 16.1 Å². The first-order valence-electron chi connectivity index (χ1n) is 7.47. The fraction of sp³-hybridized carbons (Fsp3) is 0.400. The summed E-state index contributed by atoms with van der Waals surface area (Å²) in [6.07, 6.45) is 4.53. The topological polar surface area (TPSA) is 89.5 Å². The quantitative estimate of drug-likeness (QED) is 0.739. The summed E-state index contributed by atoms with van der Waals surface area (Å²) < 4.78 is 26.6. The fourth-order valence-corrected chi connectivity index (χ4v) is 4.45. The number of halogens is 2. The first-order valence-corrected chi connectivity index (χ1v) is 10.1. The van der Waals surface area contributed by atoms with E-state index in [1.807, 2.05) is 18.2 Å². The summed E-state index contributed by atoms with van der Waals surface area (Å²) in [6, 6.07) is 5.32. The van der Waals surface area contributed by atoms with Crippen LogP contribution >= 0.6 is 28.3 Å². The van der Waals surface area contributed by atoms with E-state index in [9.17, 15) is 13.5 Å². The molecule has 1 aromatic carbocycles. The molecule has 2 N–H and O–H groups in total. The van der Waals surface area contributed by atoms with Crippen molar-refractivity contribution >= 4 is 44.0 Å². The number of fused-ring (bicyclic) bond motifs is 1. The number of imidazole rings is 1. The number of benzene rings is 1. The Labute approximate surface area is 161 Å². The van der Waals surface area contributed by atoms with Crippen LogP contribution < -0.4 is 4.90 Å². The summed E-state index contributed by atoms with van der Waals surface area (Å²) in [5.41, 5.74) is 2.77. The number of nitrogens with zero attached hydrogens (tertiary/aromatic N) is 3. The lowest BCUT2D eigenvalue weighted by molar-refractivity contribution is 0.189. The van der Waals surface area contributed by atoms with Crippen molar-refractivity contribution in [3.05, 3.63) is 46.5 Å². The van der Waals surface area contributed by atoms with Crippen LogP contribution in [0.25, 0.3) is 0 Å². The summed E-state index contributed by atoms with van der Waals surface area (Å²) in [4.78, 5) is 9.16. The molecule has 3 rings (SSSR count). The highest BCUT2D eigenvalue weighted by Crippen LogP contribution is 2.31. The minimum Gasteiger partial charge on any atom is -0.395 e. The van der Waals surface area contributed by atoms with E-state index in [0.717, 1.165) is 21.4 Å². The van der Waals surface area contributed by atoms with Crippen molar-refractivity contribution < 1.29 is 13.5 Å². The molecule has 2 heterocycles. The van der Waals surface area contributed by atoms with Gasteiger partial charge in [0, 0.05) is 29.4 Å². The number of sulfonamides is 1. The Morgan fingerprint density at radius 3 is 2.80 bits per heavy atom. The van der Waals surface area contributed by atoms with Gasteiger partial charge >= 0.3 is 0 Å². The van der Waals surface area contributed by atoms with E-state index >= 15 is 0 Å². The van der Waals surface area contributed by atoms with E-state index in [0.29, 0.717) is 13.1 Å². The Bertz CT molecular complexity index is 816. The molecule has 0 saturated heterocycles. The van der Waals surface area contributed by atoms with Gasteiger partial charge in [-0.1, -0.05) is 15.9 Å². The van der Waals surface area contributed by atoms with E-state index in [4.69, 9.17) is 0 Å². The van der Waals surface area contributed by atoms with Crippen LogP contribution in [-0.2, 0) is 23.1 Å². The molecule has 25 heavy (non-hydrogen) atoms. The maximum Gasteiger partial charge on any atom is 0.211 e. The highest BCUT2D eigenvalue weighted by Gasteiger charge is 2.33. The van der Waals surface area contributed by atoms with Crippen LogP contribution in [0.4, 0.5) is 5.69 Å². The maximum atomic E-state index is 12.2. The van der Waals surface area contributed by atoms with Gasteiger partial charge in [-0.25, -0.2) is 13.4 Å². The molecule has 0 spiro atoms. The molecule has 1 atom stereocenters. The third kappa shape index (κ3) is 4.53. The highest BCUT2D eigenvalue weighted by atomic mass is 79.9. The van der Waals surface area contributed by atoms with Crippen molar-refractivity contribution in [1.82, 2.24) is 14.3 Å². The summed E-state index contributed by atoms with van der Waals surface area (Å²) in [7, 11) is -3.44. The minimum atomic E-state index is -3.44. The van der Waals surface area contributed by atoms with Crippen LogP contribution in [0.15, 0.2) is 35.2 Å². The average Bonchev–Trinajstić information content (AvgIpc) is 2.96. The summed E-state index contributed by atoms with van der Waals surface area (Å²) in [5.74, 6) is 0. The summed E-state index contributed by atoms with van der Waals surface area (Å²) in [6.45, 7) is 0.958. The molecule has 2 aromatic rings. The fourth-order valence-electron chi connectivity index (χ4n) is 2.99. The average molecular weight is 452 g/mol. The number of aliphatic hydroxyl groups is 1. The van der Waals surface area contributed by atoms with Crippen LogP contribution in [-0.4, -0.2) is 53.2 Å². The second kappa shape index (κ2) is 8.05. The molecule has 1 aliphatic rings. The Morgan fingerprint density at radius 2 is 2.20 bits per heavy atom. The van der Waals surface area contributed by atoms with Gasteiger partial charge in [-0.3, -0.25) is 0 Å².